The van der Waals surface area contributed by atoms with Crippen LogP contribution >= 0.6 is 0 Å². The molecule has 0 radical (unpaired) electrons. The van der Waals surface area contributed by atoms with E-state index in [9.17, 15) is 0 Å². The molecule has 1 heterocycles. The molecule has 118 valence electrons. The molecule has 0 aromatic rings. The molecule has 1 nitrogen and oxygen atoms in total. The summed E-state index contributed by atoms with van der Waals surface area (Å²) in [5.41, 5.74) is 0.714. The van der Waals surface area contributed by atoms with Gasteiger partial charge >= 0.3 is 0 Å². The van der Waals surface area contributed by atoms with Gasteiger partial charge in [-0.15, -0.1) is 0 Å². The first-order chi connectivity index (χ1) is 10.1. The van der Waals surface area contributed by atoms with E-state index in [0.717, 1.165) is 41.4 Å². The fourth-order valence-electron chi connectivity index (χ4n) is 7.99. The predicted octanol–water partition coefficient (Wildman–Crippen LogP) is 4.90. The van der Waals surface area contributed by atoms with Crippen molar-refractivity contribution in [3.05, 3.63) is 0 Å². The van der Waals surface area contributed by atoms with E-state index < -0.39 is 0 Å². The lowest BCUT2D eigenvalue weighted by Crippen LogP contribution is -2.37. The molecule has 21 heavy (non-hydrogen) atoms. The Kier molecular flexibility index (Phi) is 2.73. The van der Waals surface area contributed by atoms with Gasteiger partial charge in [0.2, 0.25) is 0 Å². The van der Waals surface area contributed by atoms with E-state index >= 15 is 0 Å². The number of hydrogen-bond acceptors (Lipinski definition) is 1. The first kappa shape index (κ1) is 13.4. The molecule has 5 fully saturated rings. The monoisotopic (exact) mass is 288 g/mol. The maximum Gasteiger partial charge on any atom is 0.0870 e. The zero-order valence-corrected chi connectivity index (χ0v) is 14.1. The van der Waals surface area contributed by atoms with Crippen LogP contribution < -0.4 is 0 Å². The van der Waals surface area contributed by atoms with Crippen LogP contribution in [0.3, 0.4) is 0 Å². The Morgan fingerprint density at radius 3 is 2.29 bits per heavy atom. The molecule has 0 spiro atoms. The van der Waals surface area contributed by atoms with Crippen molar-refractivity contribution in [1.82, 2.24) is 0 Å². The van der Waals surface area contributed by atoms with Gasteiger partial charge in [0.15, 0.2) is 0 Å². The van der Waals surface area contributed by atoms with E-state index in [1.807, 2.05) is 0 Å². The summed E-state index contributed by atoms with van der Waals surface area (Å²) < 4.78 is 5.91. The third kappa shape index (κ3) is 1.73. The SMILES string of the molecule is CC1CC(C2OC2C)C2C3CC(C12)C(C1(C)CCCC1)C3. The van der Waals surface area contributed by atoms with Crippen LogP contribution in [0.1, 0.15) is 65.7 Å². The van der Waals surface area contributed by atoms with Crippen LogP contribution in [-0.4, -0.2) is 12.2 Å². The highest BCUT2D eigenvalue weighted by Crippen LogP contribution is 2.70. The minimum atomic E-state index is 0.572. The van der Waals surface area contributed by atoms with Crippen molar-refractivity contribution in [2.45, 2.75) is 77.9 Å². The summed E-state index contributed by atoms with van der Waals surface area (Å²) in [4.78, 5) is 0. The quantitative estimate of drug-likeness (QED) is 0.658. The highest BCUT2D eigenvalue weighted by Gasteiger charge is 2.65. The number of ether oxygens (including phenoxy) is 1. The van der Waals surface area contributed by atoms with Gasteiger partial charge in [-0.05, 0) is 85.9 Å². The smallest absolute Gasteiger partial charge is 0.0870 e. The maximum atomic E-state index is 5.91. The summed E-state index contributed by atoms with van der Waals surface area (Å²) in [5.74, 6) is 7.22. The van der Waals surface area contributed by atoms with Crippen LogP contribution in [0, 0.1) is 46.8 Å². The molecular weight excluding hydrogens is 256 g/mol. The van der Waals surface area contributed by atoms with Crippen molar-refractivity contribution in [2.75, 3.05) is 0 Å². The second-order valence-corrected chi connectivity index (χ2v) is 9.70. The van der Waals surface area contributed by atoms with E-state index in [1.165, 1.54) is 32.1 Å². The van der Waals surface area contributed by atoms with Crippen molar-refractivity contribution in [1.29, 1.82) is 0 Å². The number of epoxide rings is 1. The fourth-order valence-corrected chi connectivity index (χ4v) is 7.99. The Labute approximate surface area is 130 Å². The van der Waals surface area contributed by atoms with Crippen LogP contribution in [0.15, 0.2) is 0 Å². The van der Waals surface area contributed by atoms with Gasteiger partial charge in [0.1, 0.15) is 0 Å². The molecule has 2 bridgehead atoms. The third-order valence-electron chi connectivity index (χ3n) is 8.75. The zero-order valence-electron chi connectivity index (χ0n) is 14.1. The lowest BCUT2D eigenvalue weighted by Gasteiger charge is -2.43. The molecule has 5 aliphatic rings. The number of rotatable bonds is 2. The topological polar surface area (TPSA) is 12.5 Å². The second-order valence-electron chi connectivity index (χ2n) is 9.70. The molecule has 9 unspecified atom stereocenters. The molecule has 4 saturated carbocycles. The van der Waals surface area contributed by atoms with E-state index in [1.54, 1.807) is 12.8 Å². The average Bonchev–Trinajstić information content (AvgIpc) is 2.91. The van der Waals surface area contributed by atoms with Gasteiger partial charge in [0.05, 0.1) is 12.2 Å². The minimum Gasteiger partial charge on any atom is -0.370 e. The summed E-state index contributed by atoms with van der Waals surface area (Å²) in [6.45, 7) is 7.50. The van der Waals surface area contributed by atoms with Gasteiger partial charge in [-0.25, -0.2) is 0 Å². The Morgan fingerprint density at radius 2 is 1.62 bits per heavy atom. The fraction of sp³-hybridized carbons (Fsp3) is 1.00. The predicted molar refractivity (Wildman–Crippen MR) is 84.9 cm³/mol. The molecular formula is C20H32O. The van der Waals surface area contributed by atoms with Crippen LogP contribution in [0.4, 0.5) is 0 Å². The molecule has 0 amide bonds. The summed E-state index contributed by atoms with van der Waals surface area (Å²) in [6, 6.07) is 0. The second kappa shape index (κ2) is 4.28. The Hall–Kier alpha value is -0.0400. The normalized spacial score (nSPS) is 60.4. The molecule has 4 aliphatic carbocycles. The van der Waals surface area contributed by atoms with Gasteiger partial charge in [-0.1, -0.05) is 26.7 Å². The minimum absolute atomic E-state index is 0.572. The van der Waals surface area contributed by atoms with E-state index in [2.05, 4.69) is 20.8 Å². The first-order valence-corrected chi connectivity index (χ1v) is 9.74. The lowest BCUT2D eigenvalue weighted by molar-refractivity contribution is 0.0503. The highest BCUT2D eigenvalue weighted by atomic mass is 16.6. The van der Waals surface area contributed by atoms with E-state index in [0.29, 0.717) is 17.6 Å². The first-order valence-electron chi connectivity index (χ1n) is 9.74. The molecule has 1 saturated heterocycles. The molecule has 0 aromatic heterocycles. The zero-order chi connectivity index (χ0) is 14.4. The lowest BCUT2D eigenvalue weighted by atomic mass is 9.62. The Bertz CT molecular complexity index is 437. The van der Waals surface area contributed by atoms with Crippen molar-refractivity contribution in [2.24, 2.45) is 46.8 Å². The Balaban J connectivity index is 1.41. The van der Waals surface area contributed by atoms with Gasteiger partial charge < -0.3 is 4.74 Å². The Morgan fingerprint density at radius 1 is 0.905 bits per heavy atom. The van der Waals surface area contributed by atoms with Crippen LogP contribution in [0.2, 0.25) is 0 Å². The van der Waals surface area contributed by atoms with Crippen molar-refractivity contribution in [3.8, 4) is 0 Å². The largest absolute Gasteiger partial charge is 0.370 e. The highest BCUT2D eigenvalue weighted by molar-refractivity contribution is 5.13. The standard InChI is InChI=1S/C20H32O/c1-11-8-15(19-12(2)21-19)18-13-9-14(17(11)18)16(10-13)20(3)6-4-5-7-20/h11-19H,4-10H2,1-3H3. The summed E-state index contributed by atoms with van der Waals surface area (Å²) >= 11 is 0. The van der Waals surface area contributed by atoms with Gasteiger partial charge in [-0.3, -0.25) is 0 Å². The van der Waals surface area contributed by atoms with Crippen LogP contribution in [0.5, 0.6) is 0 Å². The van der Waals surface area contributed by atoms with E-state index in [4.69, 9.17) is 4.74 Å². The number of fused-ring (bicyclic) bond motifs is 5. The van der Waals surface area contributed by atoms with Gasteiger partial charge in [0.25, 0.3) is 0 Å². The molecule has 0 N–H and O–H groups in total. The molecule has 9 atom stereocenters. The molecule has 0 aromatic carbocycles. The molecule has 1 aliphatic heterocycles. The van der Waals surface area contributed by atoms with Crippen molar-refractivity contribution in [3.63, 3.8) is 0 Å². The van der Waals surface area contributed by atoms with E-state index in [-0.39, 0.29) is 0 Å². The third-order valence-corrected chi connectivity index (χ3v) is 8.75. The van der Waals surface area contributed by atoms with Crippen LogP contribution in [0.25, 0.3) is 0 Å². The van der Waals surface area contributed by atoms with Crippen molar-refractivity contribution < 1.29 is 4.74 Å². The number of hydrogen-bond donors (Lipinski definition) is 0. The molecule has 1 heteroatoms. The summed E-state index contributed by atoms with van der Waals surface area (Å²) in [5, 5.41) is 0. The van der Waals surface area contributed by atoms with Gasteiger partial charge in [-0.2, -0.15) is 0 Å². The maximum absolute atomic E-state index is 5.91. The van der Waals surface area contributed by atoms with Crippen LogP contribution in [-0.2, 0) is 4.74 Å². The average molecular weight is 288 g/mol. The van der Waals surface area contributed by atoms with Gasteiger partial charge in [0, 0.05) is 0 Å². The molecule has 5 rings (SSSR count). The summed E-state index contributed by atoms with van der Waals surface area (Å²) in [7, 11) is 0. The van der Waals surface area contributed by atoms with Crippen molar-refractivity contribution >= 4 is 0 Å². The summed E-state index contributed by atoms with van der Waals surface area (Å²) in [6.07, 6.45) is 11.9.